The summed E-state index contributed by atoms with van der Waals surface area (Å²) in [6.45, 7) is 6.14. The zero-order valence-electron chi connectivity index (χ0n) is 12.6. The second-order valence-electron chi connectivity index (χ2n) is 3.72. The Kier molecular flexibility index (Phi) is 9.11. The van der Waals surface area contributed by atoms with Gasteiger partial charge in [-0.05, 0) is 36.8 Å². The number of phenolic OH excluding ortho intramolecular Hbond substituents is 1. The number of aromatic hydroxyl groups is 1. The highest BCUT2D eigenvalue weighted by molar-refractivity contribution is 5.62. The highest BCUT2D eigenvalue weighted by atomic mass is 16.5. The Morgan fingerprint density at radius 3 is 2.43 bits per heavy atom. The fraction of sp³-hybridized carbons (Fsp3) is 0.385. The zero-order valence-corrected chi connectivity index (χ0v) is 12.6. The Bertz CT molecular complexity index is 517. The van der Waals surface area contributed by atoms with Gasteiger partial charge in [0.25, 0.3) is 0 Å². The van der Waals surface area contributed by atoms with Gasteiger partial charge in [-0.2, -0.15) is 5.21 Å². The highest BCUT2D eigenvalue weighted by Gasteiger charge is 2.11. The van der Waals surface area contributed by atoms with Crippen molar-refractivity contribution in [3.63, 3.8) is 0 Å². The molecular weight excluding hydrogens is 276 g/mol. The average Bonchev–Trinajstić information content (AvgIpc) is 3.01. The van der Waals surface area contributed by atoms with Crippen molar-refractivity contribution >= 4 is 6.79 Å². The molecular formula is C13H20N4O4. The lowest BCUT2D eigenvalue weighted by Crippen LogP contribution is -1.94. The summed E-state index contributed by atoms with van der Waals surface area (Å²) in [6.07, 6.45) is 0. The number of methoxy groups -OCH3 is 1. The molecule has 2 aromatic rings. The Labute approximate surface area is 123 Å². The van der Waals surface area contributed by atoms with E-state index in [1.807, 2.05) is 13.7 Å². The Morgan fingerprint density at radius 2 is 1.95 bits per heavy atom. The molecule has 0 bridgehead atoms. The third-order valence-corrected chi connectivity index (χ3v) is 2.17. The zero-order chi connectivity index (χ0) is 16.3. The fourth-order valence-corrected chi connectivity index (χ4v) is 1.43. The molecule has 2 rings (SSSR count). The summed E-state index contributed by atoms with van der Waals surface area (Å²) in [7, 11) is 3.25. The van der Waals surface area contributed by atoms with Gasteiger partial charge in [-0.25, -0.2) is 0 Å². The molecule has 1 aromatic carbocycles. The van der Waals surface area contributed by atoms with E-state index in [2.05, 4.69) is 25.4 Å². The number of tetrazole rings is 1. The smallest absolute Gasteiger partial charge is 0.204 e. The lowest BCUT2D eigenvalue weighted by Gasteiger charge is -2.09. The Hall–Kier alpha value is -2.48. The molecule has 0 saturated carbocycles. The summed E-state index contributed by atoms with van der Waals surface area (Å²) >= 11 is 0. The van der Waals surface area contributed by atoms with Crippen LogP contribution in [0.15, 0.2) is 12.1 Å². The van der Waals surface area contributed by atoms with Gasteiger partial charge in [-0.15, -0.1) is 10.2 Å². The van der Waals surface area contributed by atoms with E-state index in [0.29, 0.717) is 23.7 Å². The first kappa shape index (κ1) is 18.5. The van der Waals surface area contributed by atoms with Gasteiger partial charge in [-0.1, -0.05) is 0 Å². The maximum absolute atomic E-state index is 9.76. The van der Waals surface area contributed by atoms with Crippen molar-refractivity contribution in [1.82, 2.24) is 20.6 Å². The number of carbonyl (C=O) groups excluding carboxylic acids is 1. The number of carbonyl (C=O) groups is 1. The normalized spacial score (nSPS) is 8.95. The first-order chi connectivity index (χ1) is 10.1. The van der Waals surface area contributed by atoms with E-state index in [-0.39, 0.29) is 5.75 Å². The first-order valence-electron chi connectivity index (χ1n) is 6.03. The molecule has 8 heteroatoms. The van der Waals surface area contributed by atoms with Gasteiger partial charge in [0.05, 0.1) is 6.61 Å². The van der Waals surface area contributed by atoms with Crippen LogP contribution in [-0.2, 0) is 9.53 Å². The van der Waals surface area contributed by atoms with Crippen LogP contribution in [0.5, 0.6) is 11.5 Å². The highest BCUT2D eigenvalue weighted by Crippen LogP contribution is 2.33. The van der Waals surface area contributed by atoms with E-state index < -0.39 is 0 Å². The molecule has 0 unspecified atom stereocenters. The number of rotatable bonds is 3. The molecule has 8 nitrogen and oxygen atoms in total. The van der Waals surface area contributed by atoms with Crippen LogP contribution < -0.4 is 4.74 Å². The van der Waals surface area contributed by atoms with E-state index in [0.717, 1.165) is 5.56 Å². The summed E-state index contributed by atoms with van der Waals surface area (Å²) in [5, 5.41) is 23.4. The number of hydrogen-bond donors (Lipinski definition) is 2. The SMILES string of the molecule is C=O.CCOc1cc(-c2nn[nH]n2)cc(C)c1O.COC. The number of phenols is 1. The molecule has 0 amide bonds. The fourth-order valence-electron chi connectivity index (χ4n) is 1.43. The Balaban J connectivity index is 0.000000713. The second kappa shape index (κ2) is 10.3. The van der Waals surface area contributed by atoms with Crippen LogP contribution >= 0.6 is 0 Å². The molecule has 0 aliphatic carbocycles. The van der Waals surface area contributed by atoms with Crippen LogP contribution in [0.3, 0.4) is 0 Å². The Morgan fingerprint density at radius 1 is 1.33 bits per heavy atom. The molecule has 21 heavy (non-hydrogen) atoms. The van der Waals surface area contributed by atoms with E-state index in [1.165, 1.54) is 0 Å². The minimum absolute atomic E-state index is 0.147. The molecule has 2 N–H and O–H groups in total. The molecule has 0 fully saturated rings. The summed E-state index contributed by atoms with van der Waals surface area (Å²) in [5.74, 6) is 1.06. The average molecular weight is 296 g/mol. The lowest BCUT2D eigenvalue weighted by atomic mass is 10.1. The van der Waals surface area contributed by atoms with Crippen molar-refractivity contribution in [2.45, 2.75) is 13.8 Å². The molecule has 0 saturated heterocycles. The van der Waals surface area contributed by atoms with Crippen LogP contribution in [0, 0.1) is 6.92 Å². The maximum Gasteiger partial charge on any atom is 0.204 e. The maximum atomic E-state index is 9.76. The number of ether oxygens (including phenoxy) is 2. The van der Waals surface area contributed by atoms with E-state index in [4.69, 9.17) is 9.53 Å². The van der Waals surface area contributed by atoms with Crippen LogP contribution in [0.25, 0.3) is 11.4 Å². The number of aromatic amines is 1. The minimum Gasteiger partial charge on any atom is -0.504 e. The molecule has 0 aliphatic heterocycles. The number of H-pyrrole nitrogens is 1. The molecule has 0 atom stereocenters. The second-order valence-corrected chi connectivity index (χ2v) is 3.72. The molecule has 1 heterocycles. The lowest BCUT2D eigenvalue weighted by molar-refractivity contribution is -0.0979. The first-order valence-corrected chi connectivity index (χ1v) is 6.03. The number of hydrogen-bond acceptors (Lipinski definition) is 7. The van der Waals surface area contributed by atoms with Gasteiger partial charge in [0.2, 0.25) is 5.82 Å². The van der Waals surface area contributed by atoms with Crippen molar-refractivity contribution in [2.24, 2.45) is 0 Å². The predicted octanol–water partition coefficient (Wildman–Crippen LogP) is 1.36. The number of aromatic nitrogens is 4. The van der Waals surface area contributed by atoms with Gasteiger partial charge in [0.1, 0.15) is 6.79 Å². The molecule has 0 radical (unpaired) electrons. The predicted molar refractivity (Wildman–Crippen MR) is 77.2 cm³/mol. The van der Waals surface area contributed by atoms with Crippen molar-refractivity contribution in [3.05, 3.63) is 17.7 Å². The van der Waals surface area contributed by atoms with Crippen molar-refractivity contribution < 1.29 is 19.4 Å². The van der Waals surface area contributed by atoms with E-state index >= 15 is 0 Å². The van der Waals surface area contributed by atoms with E-state index in [1.54, 1.807) is 33.3 Å². The van der Waals surface area contributed by atoms with Crippen molar-refractivity contribution in [1.29, 1.82) is 0 Å². The number of nitrogens with one attached hydrogen (secondary N) is 1. The van der Waals surface area contributed by atoms with Crippen LogP contribution in [0.4, 0.5) is 0 Å². The largest absolute Gasteiger partial charge is 0.504 e. The van der Waals surface area contributed by atoms with Gasteiger partial charge in [-0.3, -0.25) is 0 Å². The van der Waals surface area contributed by atoms with Gasteiger partial charge < -0.3 is 19.4 Å². The summed E-state index contributed by atoms with van der Waals surface area (Å²) < 4.78 is 9.57. The molecule has 1 aromatic heterocycles. The van der Waals surface area contributed by atoms with Gasteiger partial charge in [0.15, 0.2) is 11.5 Å². The summed E-state index contributed by atoms with van der Waals surface area (Å²) in [6, 6.07) is 3.47. The minimum atomic E-state index is 0.147. The quantitative estimate of drug-likeness (QED) is 0.879. The van der Waals surface area contributed by atoms with Crippen molar-refractivity contribution in [2.75, 3.05) is 20.8 Å². The van der Waals surface area contributed by atoms with Crippen LogP contribution in [0.1, 0.15) is 12.5 Å². The van der Waals surface area contributed by atoms with E-state index in [9.17, 15) is 5.11 Å². The number of aryl methyl sites for hydroxylation is 1. The van der Waals surface area contributed by atoms with Crippen molar-refractivity contribution in [3.8, 4) is 22.9 Å². The third-order valence-electron chi connectivity index (χ3n) is 2.17. The van der Waals surface area contributed by atoms with Crippen LogP contribution in [-0.4, -0.2) is 53.3 Å². The topological polar surface area (TPSA) is 110 Å². The summed E-state index contributed by atoms with van der Waals surface area (Å²) in [4.78, 5) is 8.00. The molecule has 116 valence electrons. The third kappa shape index (κ3) is 5.57. The standard InChI is InChI=1S/C10H12N4O2.C2H6O.CH2O/c1-3-16-8-5-7(4-6(2)9(8)15)10-11-13-14-12-10;1-3-2;1-2/h4-5,15H,3H2,1-2H3,(H,11,12,13,14);1-2H3;1H2. The summed E-state index contributed by atoms with van der Waals surface area (Å²) in [5.41, 5.74) is 1.47. The number of nitrogens with zero attached hydrogens (tertiary/aromatic N) is 3. The molecule has 0 spiro atoms. The van der Waals surface area contributed by atoms with Gasteiger partial charge >= 0.3 is 0 Å². The van der Waals surface area contributed by atoms with Gasteiger partial charge in [0, 0.05) is 19.8 Å². The number of benzene rings is 1. The monoisotopic (exact) mass is 296 g/mol. The molecule has 0 aliphatic rings. The van der Waals surface area contributed by atoms with Crippen LogP contribution in [0.2, 0.25) is 0 Å².